The maximum Gasteiger partial charge on any atom is 0.422 e. The fourth-order valence-electron chi connectivity index (χ4n) is 4.99. The lowest BCUT2D eigenvalue weighted by Gasteiger charge is -2.28. The normalized spacial score (nSPS) is 12.7. The summed E-state index contributed by atoms with van der Waals surface area (Å²) in [5.74, 6) is -0.728. The number of carbonyl (C=O) groups is 2. The molecule has 0 atom stereocenters. The van der Waals surface area contributed by atoms with E-state index in [0.717, 1.165) is 4.57 Å². The van der Waals surface area contributed by atoms with Crippen molar-refractivity contribution in [2.24, 2.45) is 0 Å². The smallest absolute Gasteiger partial charge is 0.422 e. The van der Waals surface area contributed by atoms with Gasteiger partial charge in [-0.1, -0.05) is 17.7 Å². The molecule has 3 aromatic carbocycles. The number of halogens is 5. The number of benzene rings is 3. The van der Waals surface area contributed by atoms with Crippen LogP contribution in [0.5, 0.6) is 11.5 Å². The third-order valence-corrected chi connectivity index (χ3v) is 8.43. The van der Waals surface area contributed by atoms with E-state index in [-0.39, 0.29) is 54.9 Å². The zero-order valence-electron chi connectivity index (χ0n) is 24.0. The van der Waals surface area contributed by atoms with Crippen molar-refractivity contribution in [2.45, 2.75) is 25.8 Å². The molecule has 1 aromatic heterocycles. The minimum Gasteiger partial charge on any atom is -0.496 e. The monoisotopic (exact) mass is 717 g/mol. The predicted octanol–water partition coefficient (Wildman–Crippen LogP) is 5.46. The van der Waals surface area contributed by atoms with Gasteiger partial charge in [-0.25, -0.2) is 4.79 Å². The lowest BCUT2D eigenvalue weighted by Crippen LogP contribution is -2.41. The number of nitrogens with one attached hydrogen (secondary N) is 1. The molecule has 10 nitrogen and oxygen atoms in total. The molecule has 0 bridgehead atoms. The Kier molecular flexibility index (Phi) is 9.45. The number of hydrogen-bond donors (Lipinski definition) is 1. The van der Waals surface area contributed by atoms with Gasteiger partial charge in [0.2, 0.25) is 0 Å². The van der Waals surface area contributed by atoms with Gasteiger partial charge in [0.25, 0.3) is 11.8 Å². The molecule has 1 N–H and O–H groups in total. The van der Waals surface area contributed by atoms with Crippen LogP contribution in [0, 0.1) is 11.3 Å². The molecule has 0 fully saturated rings. The molecular formula is C31H24BrClF3N5O5. The van der Waals surface area contributed by atoms with Gasteiger partial charge in [0.1, 0.15) is 17.2 Å². The summed E-state index contributed by atoms with van der Waals surface area (Å²) in [6.45, 7) is -1.38. The summed E-state index contributed by atoms with van der Waals surface area (Å²) in [7, 11) is 1.43. The van der Waals surface area contributed by atoms with Crippen LogP contribution in [0.2, 0.25) is 5.02 Å². The van der Waals surface area contributed by atoms with Crippen molar-refractivity contribution in [3.63, 3.8) is 0 Å². The second-order valence-corrected chi connectivity index (χ2v) is 11.4. The summed E-state index contributed by atoms with van der Waals surface area (Å²) >= 11 is 9.51. The summed E-state index contributed by atoms with van der Waals surface area (Å²) < 4.78 is 51.3. The molecule has 2 amide bonds. The van der Waals surface area contributed by atoms with Gasteiger partial charge in [-0.15, -0.1) is 0 Å². The Labute approximate surface area is 273 Å². The molecule has 238 valence electrons. The Balaban J connectivity index is 1.51. The average Bonchev–Trinajstić information content (AvgIpc) is 3.34. The predicted molar refractivity (Wildman–Crippen MR) is 164 cm³/mol. The van der Waals surface area contributed by atoms with E-state index in [1.807, 2.05) is 6.07 Å². The standard InChI is InChI=1S/C31H24BrClF3N5O5/c1-45-26-12-18(14-37)2-3-20(26)15-38-28(42)27-25-16-39(29(43)19-4-9-23(32)24(33)13-19)10-11-40(25)30(44)41(27)21-5-7-22(8-6-21)46-17-31(34,35)36/h2-9,12-13H,10-11,15-17H2,1H3,(H,38,42). The van der Waals surface area contributed by atoms with Crippen LogP contribution >= 0.6 is 27.5 Å². The molecule has 0 radical (unpaired) electrons. The Hall–Kier alpha value is -4.74. The van der Waals surface area contributed by atoms with E-state index in [1.54, 1.807) is 24.3 Å². The molecule has 1 aliphatic heterocycles. The Bertz CT molecular complexity index is 1920. The molecule has 0 unspecified atom stereocenters. The number of amides is 2. The lowest BCUT2D eigenvalue weighted by molar-refractivity contribution is -0.153. The molecule has 5 rings (SSSR count). The molecule has 0 spiro atoms. The summed E-state index contributed by atoms with van der Waals surface area (Å²) in [6, 6.07) is 16.8. The van der Waals surface area contributed by atoms with Crippen molar-refractivity contribution < 1.29 is 32.2 Å². The van der Waals surface area contributed by atoms with E-state index in [2.05, 4.69) is 21.2 Å². The number of aromatic nitrogens is 2. The van der Waals surface area contributed by atoms with Gasteiger partial charge < -0.3 is 19.7 Å². The van der Waals surface area contributed by atoms with E-state index < -0.39 is 24.4 Å². The maximum absolute atomic E-state index is 13.9. The summed E-state index contributed by atoms with van der Waals surface area (Å²) in [6.07, 6.45) is -4.54. The first-order valence-corrected chi connectivity index (χ1v) is 14.8. The molecule has 4 aromatic rings. The number of alkyl halides is 3. The average molecular weight is 719 g/mol. The third kappa shape index (κ3) is 6.90. The number of imidazole rings is 1. The minimum absolute atomic E-state index is 0.0310. The van der Waals surface area contributed by atoms with Crippen LogP contribution < -0.4 is 20.5 Å². The van der Waals surface area contributed by atoms with E-state index in [9.17, 15) is 32.8 Å². The topological polar surface area (TPSA) is 119 Å². The third-order valence-electron chi connectivity index (χ3n) is 7.20. The van der Waals surface area contributed by atoms with Crippen molar-refractivity contribution in [1.29, 1.82) is 5.26 Å². The Morgan fingerprint density at radius 1 is 1.09 bits per heavy atom. The Morgan fingerprint density at radius 3 is 2.48 bits per heavy atom. The zero-order valence-corrected chi connectivity index (χ0v) is 26.4. The highest BCUT2D eigenvalue weighted by molar-refractivity contribution is 9.10. The SMILES string of the molecule is COc1cc(C#N)ccc1CNC(=O)c1c2n(c(=O)n1-c1ccc(OCC(F)(F)F)cc1)CCN(C(=O)c1ccc(Br)c(Cl)c1)C2. The molecule has 2 heterocycles. The van der Waals surface area contributed by atoms with Crippen molar-refractivity contribution >= 4 is 39.3 Å². The number of rotatable bonds is 8. The quantitative estimate of drug-likeness (QED) is 0.259. The van der Waals surface area contributed by atoms with Crippen LogP contribution in [0.1, 0.15) is 37.7 Å². The van der Waals surface area contributed by atoms with Gasteiger partial charge in [0, 0.05) is 35.2 Å². The number of ether oxygens (including phenoxy) is 2. The van der Waals surface area contributed by atoms with Crippen LogP contribution in [-0.2, 0) is 19.6 Å². The van der Waals surface area contributed by atoms with Crippen molar-refractivity contribution in [3.8, 4) is 23.3 Å². The number of fused-ring (bicyclic) bond motifs is 1. The van der Waals surface area contributed by atoms with Gasteiger partial charge in [-0.3, -0.25) is 18.7 Å². The van der Waals surface area contributed by atoms with Gasteiger partial charge in [0.05, 0.1) is 41.7 Å². The summed E-state index contributed by atoms with van der Waals surface area (Å²) in [5, 5.41) is 12.3. The number of nitriles is 1. The van der Waals surface area contributed by atoms with E-state index in [1.165, 1.54) is 53.0 Å². The van der Waals surface area contributed by atoms with Gasteiger partial charge in [-0.2, -0.15) is 18.4 Å². The molecule has 0 aliphatic carbocycles. The summed E-state index contributed by atoms with van der Waals surface area (Å²) in [5.41, 5.74) is 1.07. The number of hydrogen-bond acceptors (Lipinski definition) is 6. The van der Waals surface area contributed by atoms with E-state index in [0.29, 0.717) is 31.9 Å². The summed E-state index contributed by atoms with van der Waals surface area (Å²) in [4.78, 5) is 42.6. The first-order chi connectivity index (χ1) is 21.9. The zero-order chi connectivity index (χ0) is 33.2. The van der Waals surface area contributed by atoms with Crippen molar-refractivity contribution in [2.75, 3.05) is 20.3 Å². The van der Waals surface area contributed by atoms with Gasteiger partial charge in [-0.05, 0) is 70.5 Å². The second kappa shape index (κ2) is 13.3. The molecule has 0 saturated carbocycles. The molecule has 46 heavy (non-hydrogen) atoms. The number of nitrogens with zero attached hydrogens (tertiary/aromatic N) is 4. The highest BCUT2D eigenvalue weighted by atomic mass is 79.9. The van der Waals surface area contributed by atoms with Gasteiger partial charge in [0.15, 0.2) is 6.61 Å². The highest BCUT2D eigenvalue weighted by Gasteiger charge is 2.33. The first kappa shape index (κ1) is 32.6. The second-order valence-electron chi connectivity index (χ2n) is 10.1. The first-order valence-electron chi connectivity index (χ1n) is 13.6. The highest BCUT2D eigenvalue weighted by Crippen LogP contribution is 2.27. The maximum atomic E-state index is 13.9. The van der Waals surface area contributed by atoms with Gasteiger partial charge >= 0.3 is 11.9 Å². The Morgan fingerprint density at radius 2 is 1.83 bits per heavy atom. The molecule has 1 aliphatic rings. The van der Waals surface area contributed by atoms with Crippen molar-refractivity contribution in [3.05, 3.63) is 109 Å². The van der Waals surface area contributed by atoms with Crippen LogP contribution in [0.25, 0.3) is 5.69 Å². The number of methoxy groups -OCH3 is 1. The molecule has 15 heteroatoms. The van der Waals surface area contributed by atoms with Crippen LogP contribution in [0.3, 0.4) is 0 Å². The molecular weight excluding hydrogens is 695 g/mol. The van der Waals surface area contributed by atoms with E-state index in [4.69, 9.17) is 21.1 Å². The minimum atomic E-state index is -4.54. The fraction of sp³-hybridized carbons (Fsp3) is 0.226. The fourth-order valence-corrected chi connectivity index (χ4v) is 5.42. The van der Waals surface area contributed by atoms with Crippen LogP contribution in [0.4, 0.5) is 13.2 Å². The lowest BCUT2D eigenvalue weighted by atomic mass is 10.1. The van der Waals surface area contributed by atoms with Crippen LogP contribution in [0.15, 0.2) is 69.9 Å². The van der Waals surface area contributed by atoms with Crippen molar-refractivity contribution in [1.82, 2.24) is 19.4 Å². The van der Waals surface area contributed by atoms with Crippen LogP contribution in [-0.4, -0.2) is 52.3 Å². The number of carbonyl (C=O) groups excluding carboxylic acids is 2. The largest absolute Gasteiger partial charge is 0.496 e. The van der Waals surface area contributed by atoms with E-state index >= 15 is 0 Å². The molecule has 0 saturated heterocycles.